The van der Waals surface area contributed by atoms with E-state index in [1.807, 2.05) is 35.0 Å². The first kappa shape index (κ1) is 12.4. The van der Waals surface area contributed by atoms with Crippen molar-refractivity contribution in [2.45, 2.75) is 0 Å². The third kappa shape index (κ3) is 2.07. The molecule has 0 unspecified atom stereocenters. The molecule has 0 aromatic carbocycles. The SMILES string of the molecule is O=c1[nH]cnc2nc(-c3cccs3)c(-c3cccs3)nc12. The molecule has 21 heavy (non-hydrogen) atoms. The lowest BCUT2D eigenvalue weighted by Crippen LogP contribution is -2.10. The Morgan fingerprint density at radius 1 is 0.952 bits per heavy atom. The molecule has 0 spiro atoms. The van der Waals surface area contributed by atoms with Gasteiger partial charge in [0.25, 0.3) is 5.56 Å². The molecule has 0 atom stereocenters. The van der Waals surface area contributed by atoms with Crippen LogP contribution in [0.15, 0.2) is 46.1 Å². The Kier molecular flexibility index (Phi) is 2.87. The summed E-state index contributed by atoms with van der Waals surface area (Å²) < 4.78 is 0. The zero-order valence-corrected chi connectivity index (χ0v) is 12.2. The minimum absolute atomic E-state index is 0.265. The molecule has 4 aromatic rings. The summed E-state index contributed by atoms with van der Waals surface area (Å²) in [6.07, 6.45) is 1.35. The number of aromatic amines is 1. The molecule has 0 aliphatic carbocycles. The lowest BCUT2D eigenvalue weighted by Gasteiger charge is -2.05. The molecule has 4 aromatic heterocycles. The average Bonchev–Trinajstić information content (AvgIpc) is 3.20. The van der Waals surface area contributed by atoms with Crippen LogP contribution in [0.5, 0.6) is 0 Å². The molecule has 4 heterocycles. The van der Waals surface area contributed by atoms with E-state index >= 15 is 0 Å². The van der Waals surface area contributed by atoms with Gasteiger partial charge in [-0.2, -0.15) is 0 Å². The molecule has 1 N–H and O–H groups in total. The Balaban J connectivity index is 2.11. The maximum absolute atomic E-state index is 11.9. The minimum Gasteiger partial charge on any atom is -0.311 e. The molecular weight excluding hydrogens is 304 g/mol. The van der Waals surface area contributed by atoms with E-state index in [2.05, 4.69) is 19.9 Å². The van der Waals surface area contributed by atoms with Gasteiger partial charge in [-0.25, -0.2) is 15.0 Å². The summed E-state index contributed by atoms with van der Waals surface area (Å²) in [6.45, 7) is 0. The molecule has 7 heteroatoms. The fraction of sp³-hybridized carbons (Fsp3) is 0. The van der Waals surface area contributed by atoms with Gasteiger partial charge in [-0.1, -0.05) is 12.1 Å². The maximum atomic E-state index is 11.9. The molecular formula is C14H8N4OS2. The Bertz CT molecular complexity index is 958. The van der Waals surface area contributed by atoms with Gasteiger partial charge in [-0.05, 0) is 22.9 Å². The van der Waals surface area contributed by atoms with Crippen molar-refractivity contribution < 1.29 is 0 Å². The van der Waals surface area contributed by atoms with E-state index in [4.69, 9.17) is 0 Å². The summed E-state index contributed by atoms with van der Waals surface area (Å²) in [5, 5.41) is 3.97. The number of aromatic nitrogens is 4. The molecule has 0 aliphatic rings. The van der Waals surface area contributed by atoms with Crippen LogP contribution in [0, 0.1) is 0 Å². The monoisotopic (exact) mass is 312 g/mol. The highest BCUT2D eigenvalue weighted by atomic mass is 32.1. The molecule has 5 nitrogen and oxygen atoms in total. The van der Waals surface area contributed by atoms with Gasteiger partial charge >= 0.3 is 0 Å². The van der Waals surface area contributed by atoms with E-state index in [1.54, 1.807) is 22.7 Å². The van der Waals surface area contributed by atoms with Crippen molar-refractivity contribution >= 4 is 33.8 Å². The number of nitrogens with zero attached hydrogens (tertiary/aromatic N) is 3. The molecule has 0 fully saturated rings. The van der Waals surface area contributed by atoms with Crippen molar-refractivity contribution in [3.8, 4) is 21.1 Å². The zero-order valence-electron chi connectivity index (χ0n) is 10.6. The average molecular weight is 312 g/mol. The van der Waals surface area contributed by atoms with Crippen molar-refractivity contribution in [2.24, 2.45) is 0 Å². The van der Waals surface area contributed by atoms with E-state index in [0.717, 1.165) is 21.1 Å². The van der Waals surface area contributed by atoms with Crippen LogP contribution in [0.1, 0.15) is 0 Å². The van der Waals surface area contributed by atoms with Crippen molar-refractivity contribution in [3.63, 3.8) is 0 Å². The van der Waals surface area contributed by atoms with Crippen molar-refractivity contribution in [1.29, 1.82) is 0 Å². The first-order valence-electron chi connectivity index (χ1n) is 6.16. The van der Waals surface area contributed by atoms with E-state index in [9.17, 15) is 4.79 Å². The Morgan fingerprint density at radius 3 is 2.24 bits per heavy atom. The molecule has 4 rings (SSSR count). The van der Waals surface area contributed by atoms with Crippen LogP contribution in [-0.4, -0.2) is 19.9 Å². The predicted octanol–water partition coefficient (Wildman–Crippen LogP) is 3.17. The van der Waals surface area contributed by atoms with Gasteiger partial charge in [0, 0.05) is 0 Å². The Labute approximate surface area is 127 Å². The van der Waals surface area contributed by atoms with Gasteiger partial charge in [0.05, 0.1) is 16.1 Å². The first-order valence-corrected chi connectivity index (χ1v) is 7.92. The van der Waals surface area contributed by atoms with Crippen LogP contribution < -0.4 is 5.56 Å². The third-order valence-electron chi connectivity index (χ3n) is 2.98. The summed E-state index contributed by atoms with van der Waals surface area (Å²) in [6, 6.07) is 7.89. The highest BCUT2D eigenvalue weighted by Crippen LogP contribution is 2.34. The second kappa shape index (κ2) is 4.87. The summed E-state index contributed by atoms with van der Waals surface area (Å²) in [5.74, 6) is 0. The number of fused-ring (bicyclic) bond motifs is 1. The lowest BCUT2D eigenvalue weighted by molar-refractivity contribution is 1.12. The van der Waals surface area contributed by atoms with E-state index in [-0.39, 0.29) is 11.1 Å². The topological polar surface area (TPSA) is 71.5 Å². The summed E-state index contributed by atoms with van der Waals surface area (Å²) in [7, 11) is 0. The van der Waals surface area contributed by atoms with Gasteiger partial charge in [0.15, 0.2) is 11.2 Å². The largest absolute Gasteiger partial charge is 0.311 e. The third-order valence-corrected chi connectivity index (χ3v) is 4.74. The second-order valence-corrected chi connectivity index (χ2v) is 6.17. The number of H-pyrrole nitrogens is 1. The van der Waals surface area contributed by atoms with Crippen LogP contribution in [-0.2, 0) is 0 Å². The number of hydrogen-bond acceptors (Lipinski definition) is 6. The van der Waals surface area contributed by atoms with Crippen molar-refractivity contribution in [3.05, 3.63) is 51.7 Å². The maximum Gasteiger partial charge on any atom is 0.278 e. The van der Waals surface area contributed by atoms with Gasteiger partial charge in [-0.3, -0.25) is 4.79 Å². The molecule has 0 saturated heterocycles. The summed E-state index contributed by atoms with van der Waals surface area (Å²) >= 11 is 3.16. The smallest absolute Gasteiger partial charge is 0.278 e. The van der Waals surface area contributed by atoms with Crippen molar-refractivity contribution in [1.82, 2.24) is 19.9 Å². The quantitative estimate of drug-likeness (QED) is 0.617. The molecule has 0 radical (unpaired) electrons. The standard InChI is InChI=1S/C14H8N4OS2/c19-14-12-13(15-7-16-14)18-11(9-4-2-6-21-9)10(17-12)8-3-1-5-20-8/h1-7H,(H,15,16,18,19). The number of hydrogen-bond donors (Lipinski definition) is 1. The Morgan fingerprint density at radius 2 is 1.62 bits per heavy atom. The summed E-state index contributed by atoms with van der Waals surface area (Å²) in [5.41, 5.74) is 1.84. The van der Waals surface area contributed by atoms with Crippen LogP contribution in [0.2, 0.25) is 0 Å². The van der Waals surface area contributed by atoms with Crippen LogP contribution >= 0.6 is 22.7 Å². The predicted molar refractivity (Wildman–Crippen MR) is 84.6 cm³/mol. The van der Waals surface area contributed by atoms with Crippen LogP contribution in [0.3, 0.4) is 0 Å². The van der Waals surface area contributed by atoms with Crippen LogP contribution in [0.25, 0.3) is 32.3 Å². The number of rotatable bonds is 2. The van der Waals surface area contributed by atoms with Gasteiger partial charge < -0.3 is 4.98 Å². The van der Waals surface area contributed by atoms with E-state index < -0.39 is 0 Å². The lowest BCUT2D eigenvalue weighted by atomic mass is 10.2. The van der Waals surface area contributed by atoms with Gasteiger partial charge in [0.1, 0.15) is 11.4 Å². The van der Waals surface area contributed by atoms with E-state index in [1.165, 1.54) is 6.33 Å². The molecule has 102 valence electrons. The highest BCUT2D eigenvalue weighted by Gasteiger charge is 2.16. The fourth-order valence-corrected chi connectivity index (χ4v) is 3.49. The normalized spacial score (nSPS) is 11.0. The number of thiophene rings is 2. The summed E-state index contributed by atoms with van der Waals surface area (Å²) in [4.78, 5) is 29.6. The number of nitrogens with one attached hydrogen (secondary N) is 1. The van der Waals surface area contributed by atoms with E-state index in [0.29, 0.717) is 5.65 Å². The zero-order chi connectivity index (χ0) is 14.2. The fourth-order valence-electron chi connectivity index (χ4n) is 2.06. The first-order chi connectivity index (χ1) is 10.3. The van der Waals surface area contributed by atoms with Gasteiger partial charge in [-0.15, -0.1) is 22.7 Å². The Hall–Kier alpha value is -2.38. The molecule has 0 aliphatic heterocycles. The van der Waals surface area contributed by atoms with Crippen LogP contribution in [0.4, 0.5) is 0 Å². The molecule has 0 amide bonds. The molecule has 0 saturated carbocycles. The second-order valence-electron chi connectivity index (χ2n) is 4.28. The van der Waals surface area contributed by atoms with Gasteiger partial charge in [0.2, 0.25) is 0 Å². The molecule has 0 bridgehead atoms. The highest BCUT2D eigenvalue weighted by molar-refractivity contribution is 7.14. The van der Waals surface area contributed by atoms with Crippen molar-refractivity contribution in [2.75, 3.05) is 0 Å². The minimum atomic E-state index is -0.275.